The molecule has 0 radical (unpaired) electrons. The number of amides is 1. The second-order valence-corrected chi connectivity index (χ2v) is 8.79. The molecule has 0 unspecified atom stereocenters. The molecule has 3 aromatic rings. The first kappa shape index (κ1) is 22.4. The molecule has 1 N–H and O–H groups in total. The normalized spacial score (nSPS) is 14.8. The molecule has 0 atom stereocenters. The van der Waals surface area contributed by atoms with Gasteiger partial charge < -0.3 is 10.1 Å². The molecule has 4 nitrogen and oxygen atoms in total. The summed E-state index contributed by atoms with van der Waals surface area (Å²) in [5.74, 6) is 0.636. The van der Waals surface area contributed by atoms with E-state index in [0.717, 1.165) is 54.2 Å². The molecule has 1 amide bonds. The van der Waals surface area contributed by atoms with E-state index in [1.54, 1.807) is 0 Å². The van der Waals surface area contributed by atoms with Gasteiger partial charge in [-0.3, -0.25) is 9.69 Å². The van der Waals surface area contributed by atoms with Gasteiger partial charge in [-0.15, -0.1) is 0 Å². The number of likely N-dealkylation sites (tertiary alicyclic amines) is 1. The molecule has 1 fully saturated rings. The first-order valence-corrected chi connectivity index (χ1v) is 11.5. The summed E-state index contributed by atoms with van der Waals surface area (Å²) in [5, 5.41) is 3.93. The third-order valence-corrected chi connectivity index (χ3v) is 6.34. The Bertz CT molecular complexity index is 1030. The second-order valence-electron chi connectivity index (χ2n) is 8.38. The van der Waals surface area contributed by atoms with Crippen LogP contribution in [0.3, 0.4) is 0 Å². The van der Waals surface area contributed by atoms with Crippen LogP contribution in [0.15, 0.2) is 72.8 Å². The highest BCUT2D eigenvalue weighted by molar-refractivity contribution is 6.31. The van der Waals surface area contributed by atoms with Crippen molar-refractivity contribution in [3.05, 3.63) is 88.9 Å². The van der Waals surface area contributed by atoms with Crippen molar-refractivity contribution >= 4 is 17.5 Å². The zero-order valence-electron chi connectivity index (χ0n) is 18.4. The van der Waals surface area contributed by atoms with Gasteiger partial charge in [-0.2, -0.15) is 0 Å². The van der Waals surface area contributed by atoms with Crippen molar-refractivity contribution in [1.29, 1.82) is 0 Å². The van der Waals surface area contributed by atoms with E-state index in [4.69, 9.17) is 16.3 Å². The first-order chi connectivity index (χ1) is 15.6. The molecule has 0 aromatic heterocycles. The number of carbonyl (C=O) groups excluding carboxylic acids is 1. The maximum atomic E-state index is 12.4. The number of aryl methyl sites for hydroxylation is 1. The molecule has 5 heteroatoms. The van der Waals surface area contributed by atoms with Gasteiger partial charge in [0.25, 0.3) is 5.91 Å². The molecule has 1 saturated heterocycles. The summed E-state index contributed by atoms with van der Waals surface area (Å²) in [6, 6.07) is 24.5. The van der Waals surface area contributed by atoms with E-state index in [-0.39, 0.29) is 18.6 Å². The summed E-state index contributed by atoms with van der Waals surface area (Å²) in [5.41, 5.74) is 4.68. The monoisotopic (exact) mass is 448 g/mol. The van der Waals surface area contributed by atoms with Gasteiger partial charge in [0, 0.05) is 30.7 Å². The number of rotatable bonds is 7. The van der Waals surface area contributed by atoms with E-state index in [1.165, 1.54) is 5.56 Å². The van der Waals surface area contributed by atoms with Gasteiger partial charge in [0.15, 0.2) is 6.61 Å². The van der Waals surface area contributed by atoms with Crippen molar-refractivity contribution in [3.8, 4) is 16.9 Å². The Morgan fingerprint density at radius 1 is 1.00 bits per heavy atom. The number of ether oxygens (including phenoxy) is 1. The Morgan fingerprint density at radius 3 is 2.38 bits per heavy atom. The van der Waals surface area contributed by atoms with Crippen LogP contribution in [-0.2, 0) is 11.3 Å². The minimum absolute atomic E-state index is 0.0367. The van der Waals surface area contributed by atoms with Crippen LogP contribution >= 0.6 is 11.6 Å². The summed E-state index contributed by atoms with van der Waals surface area (Å²) in [4.78, 5) is 14.8. The first-order valence-electron chi connectivity index (χ1n) is 11.1. The topological polar surface area (TPSA) is 41.6 Å². The van der Waals surface area contributed by atoms with Crippen LogP contribution in [-0.4, -0.2) is 36.5 Å². The summed E-state index contributed by atoms with van der Waals surface area (Å²) in [6.45, 7) is 4.92. The third-order valence-electron chi connectivity index (χ3n) is 5.91. The van der Waals surface area contributed by atoms with Gasteiger partial charge >= 0.3 is 0 Å². The van der Waals surface area contributed by atoms with Crippen LogP contribution in [0.2, 0.25) is 5.02 Å². The fourth-order valence-electron chi connectivity index (χ4n) is 4.09. The van der Waals surface area contributed by atoms with Gasteiger partial charge in [0.1, 0.15) is 5.75 Å². The molecular weight excluding hydrogens is 420 g/mol. The SMILES string of the molecule is Cc1cc(CN2CCC(NC(=O)COc3ccc(-c4ccccc4)cc3)CC2)ccc1Cl. The molecule has 0 spiro atoms. The number of nitrogens with zero attached hydrogens (tertiary/aromatic N) is 1. The molecular formula is C27H29ClN2O2. The Kier molecular flexibility index (Phi) is 7.46. The fraction of sp³-hybridized carbons (Fsp3) is 0.296. The minimum Gasteiger partial charge on any atom is -0.484 e. The van der Waals surface area contributed by atoms with Crippen LogP contribution in [0.4, 0.5) is 0 Å². The lowest BCUT2D eigenvalue weighted by molar-refractivity contribution is -0.124. The molecule has 0 saturated carbocycles. The van der Waals surface area contributed by atoms with Gasteiger partial charge in [0.2, 0.25) is 0 Å². The van der Waals surface area contributed by atoms with E-state index in [1.807, 2.05) is 55.5 Å². The molecule has 1 aliphatic rings. The van der Waals surface area contributed by atoms with Crippen molar-refractivity contribution in [2.45, 2.75) is 32.4 Å². The predicted molar refractivity (Wildman–Crippen MR) is 130 cm³/mol. The Balaban J connectivity index is 1.18. The zero-order chi connectivity index (χ0) is 22.3. The fourth-order valence-corrected chi connectivity index (χ4v) is 4.21. The quantitative estimate of drug-likeness (QED) is 0.520. The second kappa shape index (κ2) is 10.7. The zero-order valence-corrected chi connectivity index (χ0v) is 19.1. The maximum Gasteiger partial charge on any atom is 0.258 e. The highest BCUT2D eigenvalue weighted by Gasteiger charge is 2.21. The standard InChI is InChI=1S/C27H29ClN2O2/c1-20-17-21(7-12-26(20)28)18-30-15-13-24(14-16-30)29-27(31)19-32-25-10-8-23(9-11-25)22-5-3-2-4-6-22/h2-12,17,24H,13-16,18-19H2,1H3,(H,29,31). The summed E-state index contributed by atoms with van der Waals surface area (Å²) >= 11 is 6.12. The molecule has 3 aromatic carbocycles. The van der Waals surface area contributed by atoms with Crippen molar-refractivity contribution in [3.63, 3.8) is 0 Å². The predicted octanol–water partition coefficient (Wildman–Crippen LogP) is 5.48. The van der Waals surface area contributed by atoms with Crippen molar-refractivity contribution < 1.29 is 9.53 Å². The average molecular weight is 449 g/mol. The Hall–Kier alpha value is -2.82. The lowest BCUT2D eigenvalue weighted by atomic mass is 10.0. The molecule has 0 aliphatic carbocycles. The molecule has 0 bridgehead atoms. The van der Waals surface area contributed by atoms with E-state index < -0.39 is 0 Å². The lowest BCUT2D eigenvalue weighted by Crippen LogP contribution is -2.45. The van der Waals surface area contributed by atoms with Crippen LogP contribution in [0.25, 0.3) is 11.1 Å². The van der Waals surface area contributed by atoms with Crippen LogP contribution < -0.4 is 10.1 Å². The van der Waals surface area contributed by atoms with Crippen LogP contribution in [0.1, 0.15) is 24.0 Å². The number of hydrogen-bond acceptors (Lipinski definition) is 3. The molecule has 4 rings (SSSR count). The van der Waals surface area contributed by atoms with E-state index in [9.17, 15) is 4.79 Å². The van der Waals surface area contributed by atoms with E-state index in [0.29, 0.717) is 5.75 Å². The smallest absolute Gasteiger partial charge is 0.258 e. The van der Waals surface area contributed by atoms with E-state index in [2.05, 4.69) is 34.5 Å². The average Bonchev–Trinajstić information content (AvgIpc) is 2.82. The number of carbonyl (C=O) groups is 1. The highest BCUT2D eigenvalue weighted by Crippen LogP contribution is 2.22. The lowest BCUT2D eigenvalue weighted by Gasteiger charge is -2.32. The largest absolute Gasteiger partial charge is 0.484 e. The third kappa shape index (κ3) is 6.12. The van der Waals surface area contributed by atoms with Gasteiger partial charge in [0.05, 0.1) is 0 Å². The number of halogens is 1. The number of piperidine rings is 1. The highest BCUT2D eigenvalue weighted by atomic mass is 35.5. The molecule has 166 valence electrons. The minimum atomic E-state index is -0.0658. The maximum absolute atomic E-state index is 12.4. The summed E-state index contributed by atoms with van der Waals surface area (Å²) in [6.07, 6.45) is 1.90. The van der Waals surface area contributed by atoms with E-state index >= 15 is 0 Å². The van der Waals surface area contributed by atoms with Gasteiger partial charge in [-0.1, -0.05) is 66.2 Å². The molecule has 1 aliphatic heterocycles. The van der Waals surface area contributed by atoms with Crippen molar-refractivity contribution in [1.82, 2.24) is 10.2 Å². The van der Waals surface area contributed by atoms with Gasteiger partial charge in [-0.05, 0) is 60.2 Å². The van der Waals surface area contributed by atoms with Crippen LogP contribution in [0.5, 0.6) is 5.75 Å². The Labute approximate surface area is 195 Å². The molecule has 32 heavy (non-hydrogen) atoms. The van der Waals surface area contributed by atoms with Crippen molar-refractivity contribution in [2.24, 2.45) is 0 Å². The number of hydrogen-bond donors (Lipinski definition) is 1. The summed E-state index contributed by atoms with van der Waals surface area (Å²) < 4.78 is 5.69. The Morgan fingerprint density at radius 2 is 1.69 bits per heavy atom. The van der Waals surface area contributed by atoms with Crippen LogP contribution in [0, 0.1) is 6.92 Å². The number of nitrogens with one attached hydrogen (secondary N) is 1. The van der Waals surface area contributed by atoms with Crippen molar-refractivity contribution in [2.75, 3.05) is 19.7 Å². The molecule has 1 heterocycles. The number of benzene rings is 3. The van der Waals surface area contributed by atoms with Gasteiger partial charge in [-0.25, -0.2) is 0 Å². The summed E-state index contributed by atoms with van der Waals surface area (Å²) in [7, 11) is 0.